The van der Waals surface area contributed by atoms with Crippen molar-refractivity contribution in [3.63, 3.8) is 0 Å². The Bertz CT molecular complexity index is 996. The maximum atomic E-state index is 13.0. The average Bonchev–Trinajstić information content (AvgIpc) is 3.01. The van der Waals surface area contributed by atoms with Crippen LogP contribution in [-0.4, -0.2) is 44.1 Å². The molecule has 2 amide bonds. The van der Waals surface area contributed by atoms with Gasteiger partial charge >= 0.3 is 0 Å². The number of ether oxygens (including phenoxy) is 3. The number of carbonyl (C=O) groups is 2. The fourth-order valence-electron chi connectivity index (χ4n) is 3.26. The largest absolute Gasteiger partial charge is 0.497 e. The number of nitrogens with zero attached hydrogens (tertiary/aromatic N) is 1. The van der Waals surface area contributed by atoms with E-state index in [0.29, 0.717) is 46.6 Å². The molecule has 1 aliphatic heterocycles. The van der Waals surface area contributed by atoms with Gasteiger partial charge in [0.2, 0.25) is 0 Å². The van der Waals surface area contributed by atoms with E-state index in [4.69, 9.17) is 14.2 Å². The van der Waals surface area contributed by atoms with Crippen molar-refractivity contribution in [2.75, 3.05) is 32.7 Å². The molecule has 7 nitrogen and oxygen atoms in total. The predicted octanol–water partition coefficient (Wildman–Crippen LogP) is 3.95. The highest BCUT2D eigenvalue weighted by Crippen LogP contribution is 2.35. The van der Waals surface area contributed by atoms with Gasteiger partial charge in [-0.05, 0) is 42.7 Å². The molecule has 1 aliphatic rings. The normalized spacial score (nSPS) is 13.8. The van der Waals surface area contributed by atoms with Gasteiger partial charge in [-0.3, -0.25) is 14.5 Å². The fourth-order valence-corrected chi connectivity index (χ4v) is 3.26. The monoisotopic (exact) mass is 424 g/mol. The molecule has 0 aliphatic carbocycles. The molecule has 0 spiro atoms. The first kappa shape index (κ1) is 22.2. The van der Waals surface area contributed by atoms with Crippen LogP contribution in [0.4, 0.5) is 5.69 Å². The Balaban J connectivity index is 1.99. The Hall–Kier alpha value is -3.48. The van der Waals surface area contributed by atoms with E-state index in [1.54, 1.807) is 44.4 Å². The molecular weight excluding hydrogens is 396 g/mol. The number of anilines is 1. The number of carbonyl (C=O) groups excluding carboxylic acids is 2. The van der Waals surface area contributed by atoms with Crippen molar-refractivity contribution in [3.05, 3.63) is 53.7 Å². The van der Waals surface area contributed by atoms with Gasteiger partial charge in [0, 0.05) is 12.6 Å². The van der Waals surface area contributed by atoms with Gasteiger partial charge in [0.15, 0.2) is 0 Å². The number of nitrogens with one attached hydrogen (secondary N) is 1. The lowest BCUT2D eigenvalue weighted by Crippen LogP contribution is -2.32. The van der Waals surface area contributed by atoms with E-state index < -0.39 is 0 Å². The van der Waals surface area contributed by atoms with Gasteiger partial charge in [0.1, 0.15) is 22.9 Å². The molecule has 0 fully saturated rings. The van der Waals surface area contributed by atoms with Crippen molar-refractivity contribution in [3.8, 4) is 17.2 Å². The van der Waals surface area contributed by atoms with Gasteiger partial charge in [-0.25, -0.2) is 0 Å². The van der Waals surface area contributed by atoms with E-state index in [9.17, 15) is 9.59 Å². The van der Waals surface area contributed by atoms with Gasteiger partial charge in [-0.15, -0.1) is 0 Å². The standard InChI is InChI=1S/C24H28N2O5/c1-6-26-23(27)21(16-7-9-17(10-8-16)31-14-15(2)3)22(24(26)28)25-19-12-11-18(29-4)13-20(19)30-5/h7-13,15,25H,6,14H2,1-5H3. The Kier molecular flexibility index (Phi) is 6.84. The zero-order valence-corrected chi connectivity index (χ0v) is 18.5. The van der Waals surface area contributed by atoms with Crippen LogP contribution in [0.15, 0.2) is 48.2 Å². The molecule has 1 N–H and O–H groups in total. The van der Waals surface area contributed by atoms with Crippen molar-refractivity contribution < 1.29 is 23.8 Å². The molecule has 2 aromatic rings. The van der Waals surface area contributed by atoms with E-state index in [1.165, 1.54) is 12.0 Å². The van der Waals surface area contributed by atoms with Crippen LogP contribution < -0.4 is 19.5 Å². The third-order valence-electron chi connectivity index (χ3n) is 4.88. The lowest BCUT2D eigenvalue weighted by atomic mass is 10.0. The molecule has 164 valence electrons. The predicted molar refractivity (Wildman–Crippen MR) is 119 cm³/mol. The second-order valence-electron chi connectivity index (χ2n) is 7.53. The van der Waals surface area contributed by atoms with Gasteiger partial charge in [-0.1, -0.05) is 26.0 Å². The average molecular weight is 424 g/mol. The second-order valence-corrected chi connectivity index (χ2v) is 7.53. The van der Waals surface area contributed by atoms with Crippen molar-refractivity contribution in [2.24, 2.45) is 5.92 Å². The summed E-state index contributed by atoms with van der Waals surface area (Å²) < 4.78 is 16.4. The molecule has 7 heteroatoms. The zero-order chi connectivity index (χ0) is 22.5. The number of rotatable bonds is 9. The molecule has 0 aromatic heterocycles. The molecule has 0 saturated heterocycles. The third kappa shape index (κ3) is 4.66. The number of methoxy groups -OCH3 is 2. The molecule has 1 heterocycles. The SMILES string of the molecule is CCN1C(=O)C(Nc2ccc(OC)cc2OC)=C(c2ccc(OCC(C)C)cc2)C1=O. The first-order chi connectivity index (χ1) is 14.9. The topological polar surface area (TPSA) is 77.1 Å². The Morgan fingerprint density at radius 2 is 1.61 bits per heavy atom. The van der Waals surface area contributed by atoms with Crippen molar-refractivity contribution in [1.29, 1.82) is 0 Å². The first-order valence-electron chi connectivity index (χ1n) is 10.2. The third-order valence-corrected chi connectivity index (χ3v) is 4.88. The molecule has 2 aromatic carbocycles. The van der Waals surface area contributed by atoms with E-state index in [2.05, 4.69) is 19.2 Å². The minimum absolute atomic E-state index is 0.214. The van der Waals surface area contributed by atoms with Gasteiger partial charge < -0.3 is 19.5 Å². The lowest BCUT2D eigenvalue weighted by Gasteiger charge is -2.14. The number of imide groups is 1. The number of hydrogen-bond acceptors (Lipinski definition) is 6. The molecule has 0 unspecified atom stereocenters. The molecule has 31 heavy (non-hydrogen) atoms. The summed E-state index contributed by atoms with van der Waals surface area (Å²) in [5, 5.41) is 3.12. The summed E-state index contributed by atoms with van der Waals surface area (Å²) in [6.45, 7) is 6.81. The summed E-state index contributed by atoms with van der Waals surface area (Å²) >= 11 is 0. The maximum absolute atomic E-state index is 13.0. The molecule has 0 bridgehead atoms. The Labute approximate surface area is 182 Å². The van der Waals surface area contributed by atoms with Gasteiger partial charge in [0.25, 0.3) is 11.8 Å². The van der Waals surface area contributed by atoms with Crippen LogP contribution in [0.2, 0.25) is 0 Å². The van der Waals surface area contributed by atoms with Crippen molar-refractivity contribution >= 4 is 23.1 Å². The summed E-state index contributed by atoms with van der Waals surface area (Å²) in [6, 6.07) is 12.4. The van der Waals surface area contributed by atoms with Crippen LogP contribution in [0.3, 0.4) is 0 Å². The molecule has 0 atom stereocenters. The highest BCUT2D eigenvalue weighted by molar-refractivity contribution is 6.36. The van der Waals surface area contributed by atoms with Crippen LogP contribution in [0.5, 0.6) is 17.2 Å². The highest BCUT2D eigenvalue weighted by Gasteiger charge is 2.38. The van der Waals surface area contributed by atoms with Crippen LogP contribution in [0, 0.1) is 5.92 Å². The number of likely N-dealkylation sites (N-methyl/N-ethyl adjacent to an activating group) is 1. The summed E-state index contributed by atoms with van der Waals surface area (Å²) in [7, 11) is 3.10. The Morgan fingerprint density at radius 1 is 0.935 bits per heavy atom. The summed E-state index contributed by atoms with van der Waals surface area (Å²) in [4.78, 5) is 27.2. The van der Waals surface area contributed by atoms with Gasteiger partial charge in [-0.2, -0.15) is 0 Å². The van der Waals surface area contributed by atoms with Crippen LogP contribution in [0.1, 0.15) is 26.3 Å². The molecule has 0 radical (unpaired) electrons. The van der Waals surface area contributed by atoms with Crippen LogP contribution in [0.25, 0.3) is 5.57 Å². The molecule has 3 rings (SSSR count). The maximum Gasteiger partial charge on any atom is 0.278 e. The summed E-state index contributed by atoms with van der Waals surface area (Å²) in [5.74, 6) is 1.54. The minimum atomic E-state index is -0.375. The number of benzene rings is 2. The zero-order valence-electron chi connectivity index (χ0n) is 18.5. The molecular formula is C24H28N2O5. The minimum Gasteiger partial charge on any atom is -0.497 e. The van der Waals surface area contributed by atoms with Crippen LogP contribution >= 0.6 is 0 Å². The fraction of sp³-hybridized carbons (Fsp3) is 0.333. The Morgan fingerprint density at radius 3 is 2.19 bits per heavy atom. The quantitative estimate of drug-likeness (QED) is 0.614. The second kappa shape index (κ2) is 9.55. The molecule has 0 saturated carbocycles. The van der Waals surface area contributed by atoms with E-state index >= 15 is 0 Å². The smallest absolute Gasteiger partial charge is 0.278 e. The van der Waals surface area contributed by atoms with Gasteiger partial charge in [0.05, 0.1) is 32.1 Å². The van der Waals surface area contributed by atoms with Crippen molar-refractivity contribution in [1.82, 2.24) is 4.90 Å². The van der Waals surface area contributed by atoms with E-state index in [0.717, 1.165) is 0 Å². The van der Waals surface area contributed by atoms with Crippen molar-refractivity contribution in [2.45, 2.75) is 20.8 Å². The van der Waals surface area contributed by atoms with E-state index in [1.807, 2.05) is 12.1 Å². The number of amides is 2. The summed E-state index contributed by atoms with van der Waals surface area (Å²) in [5.41, 5.74) is 1.74. The van der Waals surface area contributed by atoms with Crippen LogP contribution in [-0.2, 0) is 9.59 Å². The number of hydrogen-bond donors (Lipinski definition) is 1. The lowest BCUT2D eigenvalue weighted by molar-refractivity contribution is -0.136. The summed E-state index contributed by atoms with van der Waals surface area (Å²) in [6.07, 6.45) is 0. The first-order valence-corrected chi connectivity index (χ1v) is 10.2. The van der Waals surface area contributed by atoms with E-state index in [-0.39, 0.29) is 24.1 Å². The highest BCUT2D eigenvalue weighted by atomic mass is 16.5.